The summed E-state index contributed by atoms with van der Waals surface area (Å²) in [5.41, 5.74) is 1.95. The number of rotatable bonds is 8. The molecule has 9 nitrogen and oxygen atoms in total. The lowest BCUT2D eigenvalue weighted by Gasteiger charge is -2.50. The van der Waals surface area contributed by atoms with Crippen molar-refractivity contribution in [3.8, 4) is 17.6 Å². The van der Waals surface area contributed by atoms with E-state index in [1.165, 1.54) is 4.31 Å². The molecule has 31 heavy (non-hydrogen) atoms. The highest BCUT2D eigenvalue weighted by Gasteiger charge is 2.43. The Bertz CT molecular complexity index is 1150. The number of methoxy groups -OCH3 is 2. The highest BCUT2D eigenvalue weighted by Crippen LogP contribution is 2.44. The van der Waals surface area contributed by atoms with Crippen molar-refractivity contribution < 1.29 is 17.9 Å². The zero-order chi connectivity index (χ0) is 22.4. The molecule has 1 aliphatic carbocycles. The predicted octanol–water partition coefficient (Wildman–Crippen LogP) is 2.01. The van der Waals surface area contributed by atoms with E-state index in [0.717, 1.165) is 29.4 Å². The number of aromatic nitrogens is 1. The molecule has 2 aliphatic rings. The molecule has 0 amide bonds. The molecule has 0 unspecified atom stereocenters. The number of nitrogens with zero attached hydrogens (tertiary/aromatic N) is 4. The third-order valence-corrected chi connectivity index (χ3v) is 7.28. The number of pyridine rings is 1. The summed E-state index contributed by atoms with van der Waals surface area (Å²) in [4.78, 5) is 6.56. The summed E-state index contributed by atoms with van der Waals surface area (Å²) >= 11 is 0. The Morgan fingerprint density at radius 3 is 2.48 bits per heavy atom. The topological polar surface area (TPSA) is 122 Å². The summed E-state index contributed by atoms with van der Waals surface area (Å²) in [5.74, 6) is 1.15. The van der Waals surface area contributed by atoms with Crippen LogP contribution < -0.4 is 19.5 Å². The lowest BCUT2D eigenvalue weighted by Crippen LogP contribution is -2.56. The summed E-state index contributed by atoms with van der Waals surface area (Å²) in [6.07, 6.45) is 4.03. The molecule has 1 aromatic heterocycles. The smallest absolute Gasteiger partial charge is 0.277 e. The van der Waals surface area contributed by atoms with Gasteiger partial charge in [-0.25, -0.2) is 5.14 Å². The van der Waals surface area contributed by atoms with E-state index in [1.54, 1.807) is 26.5 Å². The Kier molecular flexibility index (Phi) is 5.45. The van der Waals surface area contributed by atoms with Gasteiger partial charge in [-0.05, 0) is 25.3 Å². The van der Waals surface area contributed by atoms with E-state index < -0.39 is 10.2 Å². The van der Waals surface area contributed by atoms with Crippen molar-refractivity contribution in [3.63, 3.8) is 0 Å². The van der Waals surface area contributed by atoms with Crippen LogP contribution >= 0.6 is 0 Å². The van der Waals surface area contributed by atoms with Gasteiger partial charge in [0.25, 0.3) is 10.2 Å². The molecule has 2 aromatic rings. The maximum absolute atomic E-state index is 11.9. The van der Waals surface area contributed by atoms with Crippen LogP contribution in [0.4, 0.5) is 5.69 Å². The molecule has 2 fully saturated rings. The van der Waals surface area contributed by atoms with E-state index in [9.17, 15) is 13.7 Å². The van der Waals surface area contributed by atoms with Crippen LogP contribution in [0.25, 0.3) is 10.9 Å². The Labute approximate surface area is 182 Å². The maximum Gasteiger partial charge on any atom is 0.277 e. The van der Waals surface area contributed by atoms with Crippen LogP contribution in [0.1, 0.15) is 31.7 Å². The number of nitriles is 1. The zero-order valence-corrected chi connectivity index (χ0v) is 18.8. The van der Waals surface area contributed by atoms with Crippen molar-refractivity contribution in [1.29, 1.82) is 5.26 Å². The summed E-state index contributed by atoms with van der Waals surface area (Å²) in [6, 6.07) is 5.94. The molecule has 1 saturated heterocycles. The van der Waals surface area contributed by atoms with Crippen LogP contribution in [0.5, 0.6) is 11.5 Å². The second kappa shape index (κ2) is 7.82. The van der Waals surface area contributed by atoms with Crippen LogP contribution in [-0.4, -0.2) is 57.6 Å². The molecule has 4 rings (SSSR count). The highest BCUT2D eigenvalue weighted by atomic mass is 32.2. The van der Waals surface area contributed by atoms with Crippen molar-refractivity contribution in [1.82, 2.24) is 9.29 Å². The number of hydrogen-bond donors (Lipinski definition) is 1. The van der Waals surface area contributed by atoms with Crippen LogP contribution in [0, 0.1) is 16.7 Å². The van der Waals surface area contributed by atoms with Gasteiger partial charge in [-0.1, -0.05) is 6.92 Å². The number of hydrogen-bond acceptors (Lipinski definition) is 7. The first-order chi connectivity index (χ1) is 14.7. The molecule has 10 heteroatoms. The van der Waals surface area contributed by atoms with Crippen molar-refractivity contribution >= 4 is 26.8 Å². The average molecular weight is 446 g/mol. The number of benzene rings is 1. The Balaban J connectivity index is 1.58. The highest BCUT2D eigenvalue weighted by molar-refractivity contribution is 7.86. The first-order valence-corrected chi connectivity index (χ1v) is 11.7. The van der Waals surface area contributed by atoms with Crippen LogP contribution in [0.2, 0.25) is 0 Å². The fraction of sp³-hybridized carbons (Fsp3) is 0.524. The normalized spacial score (nSPS) is 18.0. The van der Waals surface area contributed by atoms with Crippen molar-refractivity contribution in [3.05, 3.63) is 23.9 Å². The number of ether oxygens (including phenoxy) is 2. The number of fused-ring (bicyclic) bond motifs is 1. The zero-order valence-electron chi connectivity index (χ0n) is 18.0. The molecule has 0 radical (unpaired) electrons. The second-order valence-corrected chi connectivity index (χ2v) is 10.2. The minimum atomic E-state index is -3.69. The molecule has 2 heterocycles. The molecule has 1 aromatic carbocycles. The van der Waals surface area contributed by atoms with E-state index in [0.29, 0.717) is 43.1 Å². The number of anilines is 1. The molecule has 0 spiro atoms. The van der Waals surface area contributed by atoms with Crippen LogP contribution in [-0.2, 0) is 10.2 Å². The lowest BCUT2D eigenvalue weighted by molar-refractivity contribution is 0.202. The maximum atomic E-state index is 11.9. The second-order valence-electron chi connectivity index (χ2n) is 8.66. The lowest BCUT2D eigenvalue weighted by atomic mass is 9.78. The first-order valence-electron chi connectivity index (χ1n) is 10.2. The van der Waals surface area contributed by atoms with E-state index in [1.807, 2.05) is 6.07 Å². The van der Waals surface area contributed by atoms with Gasteiger partial charge in [-0.2, -0.15) is 18.0 Å². The van der Waals surface area contributed by atoms with Gasteiger partial charge in [-0.15, -0.1) is 0 Å². The summed E-state index contributed by atoms with van der Waals surface area (Å²) < 4.78 is 36.0. The predicted molar refractivity (Wildman–Crippen MR) is 117 cm³/mol. The van der Waals surface area contributed by atoms with Gasteiger partial charge in [0.05, 0.1) is 31.0 Å². The summed E-state index contributed by atoms with van der Waals surface area (Å²) in [7, 11) is -0.542. The average Bonchev–Trinajstić information content (AvgIpc) is 3.54. The molecule has 0 bridgehead atoms. The Morgan fingerprint density at radius 1 is 1.29 bits per heavy atom. The molecule has 1 aliphatic heterocycles. The standard InChI is InChI=1S/C21H27N5O4S/c1-21(6-7-26(15-4-5-15)31(23,27)28)12-25(13-21)20-14(10-22)11-24-17-9-19(30-3)18(29-2)8-16(17)20/h8-9,11,15H,4-7,12-13H2,1-3H3,(H2,23,27,28). The van der Waals surface area contributed by atoms with Crippen LogP contribution in [0.3, 0.4) is 0 Å². The van der Waals surface area contributed by atoms with Gasteiger partial charge in [0.2, 0.25) is 0 Å². The van der Waals surface area contributed by atoms with Gasteiger partial charge < -0.3 is 14.4 Å². The van der Waals surface area contributed by atoms with E-state index >= 15 is 0 Å². The van der Waals surface area contributed by atoms with Crippen molar-refractivity contribution in [2.75, 3.05) is 38.8 Å². The van der Waals surface area contributed by atoms with Crippen molar-refractivity contribution in [2.45, 2.75) is 32.2 Å². The minimum Gasteiger partial charge on any atom is -0.493 e. The molecular formula is C21H27N5O4S. The fourth-order valence-corrected chi connectivity index (χ4v) is 5.35. The summed E-state index contributed by atoms with van der Waals surface area (Å²) in [5, 5.41) is 15.9. The van der Waals surface area contributed by atoms with Gasteiger partial charge >= 0.3 is 0 Å². The Hall–Kier alpha value is -2.61. The van der Waals surface area contributed by atoms with Gasteiger partial charge in [0.15, 0.2) is 11.5 Å². The third kappa shape index (κ3) is 4.13. The van der Waals surface area contributed by atoms with Gasteiger partial charge in [-0.3, -0.25) is 4.98 Å². The quantitative estimate of drug-likeness (QED) is 0.659. The first kappa shape index (κ1) is 21.6. The van der Waals surface area contributed by atoms with Gasteiger partial charge in [0.1, 0.15) is 6.07 Å². The molecule has 0 atom stereocenters. The Morgan fingerprint density at radius 2 is 1.94 bits per heavy atom. The van der Waals surface area contributed by atoms with Gasteiger partial charge in [0, 0.05) is 48.7 Å². The number of nitrogens with two attached hydrogens (primary N) is 1. The molecule has 166 valence electrons. The van der Waals surface area contributed by atoms with Crippen LogP contribution in [0.15, 0.2) is 18.3 Å². The third-order valence-electron chi connectivity index (χ3n) is 6.14. The summed E-state index contributed by atoms with van der Waals surface area (Å²) in [6.45, 7) is 3.97. The SMILES string of the molecule is COc1cc2ncc(C#N)c(N3CC(C)(CCN(C4CC4)S(N)(=O)=O)C3)c2cc1OC. The molecule has 1 saturated carbocycles. The van der Waals surface area contributed by atoms with E-state index in [4.69, 9.17) is 14.6 Å². The van der Waals surface area contributed by atoms with Crippen molar-refractivity contribution in [2.24, 2.45) is 10.6 Å². The molecular weight excluding hydrogens is 418 g/mol. The van der Waals surface area contributed by atoms with E-state index in [2.05, 4.69) is 22.9 Å². The van der Waals surface area contributed by atoms with E-state index in [-0.39, 0.29) is 11.5 Å². The minimum absolute atomic E-state index is 0.0477. The monoisotopic (exact) mass is 445 g/mol. The fourth-order valence-electron chi connectivity index (χ4n) is 4.38. The molecule has 2 N–H and O–H groups in total. The largest absolute Gasteiger partial charge is 0.493 e.